The molecule has 4 aromatic rings. The van der Waals surface area contributed by atoms with E-state index in [0.717, 1.165) is 42.5 Å². The van der Waals surface area contributed by atoms with Gasteiger partial charge in [0.05, 0.1) is 33.7 Å². The number of rotatable bonds is 7. The van der Waals surface area contributed by atoms with Gasteiger partial charge in [-0.2, -0.15) is 5.10 Å². The number of nitrogens with zero attached hydrogens (tertiary/aromatic N) is 2. The zero-order valence-electron chi connectivity index (χ0n) is 22.7. The molecule has 0 fully saturated rings. The molecule has 8 heteroatoms. The molecule has 1 heterocycles. The van der Waals surface area contributed by atoms with E-state index in [1.807, 2.05) is 35.1 Å². The Hall–Kier alpha value is -3.61. The Morgan fingerprint density at radius 2 is 1.85 bits per heavy atom. The Morgan fingerprint density at radius 1 is 1.07 bits per heavy atom. The van der Waals surface area contributed by atoms with Crippen LogP contribution in [0, 0.1) is 11.7 Å². The quantitative estimate of drug-likeness (QED) is 0.213. The molecule has 0 bridgehead atoms. The third-order valence-electron chi connectivity index (χ3n) is 8.39. The van der Waals surface area contributed by atoms with Crippen molar-refractivity contribution in [3.8, 4) is 5.69 Å². The molecular weight excluding hydrogens is 558 g/mol. The molecule has 2 N–H and O–H groups in total. The van der Waals surface area contributed by atoms with Crippen LogP contribution in [0.4, 0.5) is 9.18 Å². The second-order valence-electron chi connectivity index (χ2n) is 10.9. The minimum atomic E-state index is -0.253. The highest BCUT2D eigenvalue weighted by atomic mass is 35.5. The van der Waals surface area contributed by atoms with Crippen molar-refractivity contribution in [3.05, 3.63) is 128 Å². The van der Waals surface area contributed by atoms with Gasteiger partial charge in [-0.1, -0.05) is 77.7 Å². The molecule has 2 amide bonds. The maximum atomic E-state index is 13.5. The van der Waals surface area contributed by atoms with E-state index in [0.29, 0.717) is 22.5 Å². The molecule has 5 nitrogen and oxygen atoms in total. The van der Waals surface area contributed by atoms with Crippen LogP contribution in [0.2, 0.25) is 10.0 Å². The molecule has 41 heavy (non-hydrogen) atoms. The van der Waals surface area contributed by atoms with E-state index >= 15 is 0 Å². The molecule has 2 aliphatic carbocycles. The number of carbonyl (C=O) groups is 1. The maximum Gasteiger partial charge on any atom is 0.315 e. The zero-order chi connectivity index (χ0) is 28.5. The average molecular weight is 590 g/mol. The van der Waals surface area contributed by atoms with E-state index in [1.165, 1.54) is 34.5 Å². The van der Waals surface area contributed by atoms with Crippen molar-refractivity contribution in [1.29, 1.82) is 0 Å². The van der Waals surface area contributed by atoms with Crippen LogP contribution in [0.3, 0.4) is 0 Å². The Bertz CT molecular complexity index is 1600. The van der Waals surface area contributed by atoms with Gasteiger partial charge in [0.1, 0.15) is 5.82 Å². The number of benzene rings is 3. The smallest absolute Gasteiger partial charge is 0.315 e. The lowest BCUT2D eigenvalue weighted by molar-refractivity contribution is 0.234. The van der Waals surface area contributed by atoms with Gasteiger partial charge in [-0.3, -0.25) is 0 Å². The van der Waals surface area contributed by atoms with Crippen molar-refractivity contribution >= 4 is 29.2 Å². The summed E-state index contributed by atoms with van der Waals surface area (Å²) in [5.74, 6) is 0.328. The third-order valence-corrected chi connectivity index (χ3v) is 9.13. The van der Waals surface area contributed by atoms with Crippen LogP contribution in [0.15, 0.2) is 90.1 Å². The van der Waals surface area contributed by atoms with Gasteiger partial charge in [-0.25, -0.2) is 13.9 Å². The predicted octanol–water partition coefficient (Wildman–Crippen LogP) is 8.32. The fourth-order valence-electron chi connectivity index (χ4n) is 6.42. The largest absolute Gasteiger partial charge is 0.334 e. The Kier molecular flexibility index (Phi) is 7.87. The number of carbonyl (C=O) groups excluding carboxylic acids is 1. The number of fused-ring (bicyclic) bond motifs is 1. The van der Waals surface area contributed by atoms with Gasteiger partial charge in [0, 0.05) is 24.4 Å². The first-order valence-electron chi connectivity index (χ1n) is 13.9. The topological polar surface area (TPSA) is 59.0 Å². The lowest BCUT2D eigenvalue weighted by atomic mass is 9.78. The average Bonchev–Trinajstić information content (AvgIpc) is 3.59. The van der Waals surface area contributed by atoms with Crippen molar-refractivity contribution in [2.75, 3.05) is 0 Å². The Balaban J connectivity index is 1.19. The molecule has 6 rings (SSSR count). The summed E-state index contributed by atoms with van der Waals surface area (Å²) in [5, 5.41) is 11.9. The molecule has 3 atom stereocenters. The molecule has 3 aromatic carbocycles. The minimum Gasteiger partial charge on any atom is -0.334 e. The molecule has 0 saturated carbocycles. The normalized spacial score (nSPS) is 18.5. The molecule has 2 aliphatic rings. The SMILES string of the molecule is C[C@@H]1C2=C(CC[C@@H]2CC(NC(=O)NCc2ccc(Cl)c(Cl)c2)c2ccccc2)Cc2c1cnn2-c1ccc(F)cc1. The summed E-state index contributed by atoms with van der Waals surface area (Å²) in [4.78, 5) is 13.1. The van der Waals surface area contributed by atoms with E-state index in [4.69, 9.17) is 28.3 Å². The van der Waals surface area contributed by atoms with Gasteiger partial charge < -0.3 is 10.6 Å². The van der Waals surface area contributed by atoms with E-state index in [-0.39, 0.29) is 23.8 Å². The van der Waals surface area contributed by atoms with E-state index in [1.54, 1.807) is 24.3 Å². The number of hydrogen-bond acceptors (Lipinski definition) is 2. The molecule has 0 saturated heterocycles. The number of urea groups is 1. The molecular formula is C33H31Cl2FN4O. The minimum absolute atomic E-state index is 0.141. The number of hydrogen-bond donors (Lipinski definition) is 2. The maximum absolute atomic E-state index is 13.5. The first-order chi connectivity index (χ1) is 19.9. The fraction of sp³-hybridized carbons (Fsp3) is 0.273. The van der Waals surface area contributed by atoms with Crippen LogP contribution < -0.4 is 10.6 Å². The zero-order valence-corrected chi connectivity index (χ0v) is 24.2. The lowest BCUT2D eigenvalue weighted by Gasteiger charge is -2.30. The lowest BCUT2D eigenvalue weighted by Crippen LogP contribution is -2.38. The molecule has 0 aliphatic heterocycles. The highest BCUT2D eigenvalue weighted by Crippen LogP contribution is 2.49. The molecule has 1 unspecified atom stereocenters. The number of amides is 2. The summed E-state index contributed by atoms with van der Waals surface area (Å²) in [5.41, 5.74) is 8.19. The van der Waals surface area contributed by atoms with E-state index in [2.05, 4.69) is 29.7 Å². The van der Waals surface area contributed by atoms with Crippen molar-refractivity contribution in [2.45, 2.75) is 51.1 Å². The van der Waals surface area contributed by atoms with Crippen LogP contribution in [-0.4, -0.2) is 15.8 Å². The highest BCUT2D eigenvalue weighted by molar-refractivity contribution is 6.42. The number of allylic oxidation sites excluding steroid dienone is 2. The Morgan fingerprint density at radius 3 is 2.61 bits per heavy atom. The van der Waals surface area contributed by atoms with E-state index < -0.39 is 0 Å². The van der Waals surface area contributed by atoms with Gasteiger partial charge in [0.25, 0.3) is 0 Å². The van der Waals surface area contributed by atoms with Crippen LogP contribution in [0.25, 0.3) is 5.69 Å². The number of nitrogens with one attached hydrogen (secondary N) is 2. The summed E-state index contributed by atoms with van der Waals surface area (Å²) < 4.78 is 15.5. The van der Waals surface area contributed by atoms with Gasteiger partial charge in [0.15, 0.2) is 0 Å². The van der Waals surface area contributed by atoms with Crippen molar-refractivity contribution in [3.63, 3.8) is 0 Å². The van der Waals surface area contributed by atoms with Crippen LogP contribution in [0.5, 0.6) is 0 Å². The predicted molar refractivity (Wildman–Crippen MR) is 161 cm³/mol. The molecule has 0 spiro atoms. The van der Waals surface area contributed by atoms with Crippen molar-refractivity contribution < 1.29 is 9.18 Å². The van der Waals surface area contributed by atoms with Gasteiger partial charge >= 0.3 is 6.03 Å². The van der Waals surface area contributed by atoms with Crippen molar-refractivity contribution in [2.24, 2.45) is 5.92 Å². The number of halogens is 3. The summed E-state index contributed by atoms with van der Waals surface area (Å²) in [6.45, 7) is 2.61. The Labute approximate surface area is 249 Å². The molecule has 1 aromatic heterocycles. The third kappa shape index (κ3) is 5.77. The van der Waals surface area contributed by atoms with Gasteiger partial charge in [-0.15, -0.1) is 0 Å². The molecule has 0 radical (unpaired) electrons. The van der Waals surface area contributed by atoms with Gasteiger partial charge in [-0.05, 0) is 72.7 Å². The van der Waals surface area contributed by atoms with Crippen LogP contribution in [0.1, 0.15) is 60.5 Å². The fourth-order valence-corrected chi connectivity index (χ4v) is 6.74. The first kappa shape index (κ1) is 27.6. The number of aromatic nitrogens is 2. The van der Waals surface area contributed by atoms with Crippen LogP contribution in [-0.2, 0) is 13.0 Å². The monoisotopic (exact) mass is 588 g/mol. The summed E-state index contributed by atoms with van der Waals surface area (Å²) in [6, 6.07) is 21.6. The van der Waals surface area contributed by atoms with Gasteiger partial charge in [0.2, 0.25) is 0 Å². The second kappa shape index (κ2) is 11.7. The van der Waals surface area contributed by atoms with Crippen LogP contribution >= 0.6 is 23.2 Å². The summed E-state index contributed by atoms with van der Waals surface area (Å²) >= 11 is 12.2. The highest BCUT2D eigenvalue weighted by Gasteiger charge is 2.37. The summed E-state index contributed by atoms with van der Waals surface area (Å²) in [6.07, 6.45) is 5.71. The standard InChI is InChI=1S/C33H31Cl2FN4O/c1-20-27-19-38-40(26-12-10-25(36)11-13-26)31(27)17-24-9-8-23(32(20)24)16-30(22-5-3-2-4-6-22)39-33(41)37-18-21-7-14-28(34)29(35)15-21/h2-7,10-15,19-20,23,30H,8-9,16-18H2,1H3,(H2,37,39,41)/t20-,23+,30?/m0/s1. The molecule has 210 valence electrons. The second-order valence-corrected chi connectivity index (χ2v) is 11.7. The first-order valence-corrected chi connectivity index (χ1v) is 14.7. The van der Waals surface area contributed by atoms with Crippen molar-refractivity contribution in [1.82, 2.24) is 20.4 Å². The summed E-state index contributed by atoms with van der Waals surface area (Å²) in [7, 11) is 0. The van der Waals surface area contributed by atoms with E-state index in [9.17, 15) is 9.18 Å².